The van der Waals surface area contributed by atoms with Crippen molar-refractivity contribution in [2.75, 3.05) is 0 Å². The molecular weight excluding hydrogens is 364 g/mol. The van der Waals surface area contributed by atoms with Crippen molar-refractivity contribution in [2.45, 2.75) is 6.92 Å². The van der Waals surface area contributed by atoms with Gasteiger partial charge in [-0.3, -0.25) is 0 Å². The fourth-order valence-corrected chi connectivity index (χ4v) is 2.94. The van der Waals surface area contributed by atoms with E-state index in [0.29, 0.717) is 22.0 Å². The van der Waals surface area contributed by atoms with Crippen LogP contribution < -0.4 is 0 Å². The van der Waals surface area contributed by atoms with Crippen LogP contribution in [0, 0.1) is 6.92 Å². The van der Waals surface area contributed by atoms with Crippen LogP contribution in [0.15, 0.2) is 65.9 Å². The van der Waals surface area contributed by atoms with E-state index in [2.05, 4.69) is 20.6 Å². The Balaban J connectivity index is 1.81. The van der Waals surface area contributed by atoms with E-state index in [1.807, 2.05) is 49.4 Å². The summed E-state index contributed by atoms with van der Waals surface area (Å²) in [5, 5.41) is 26.0. The molecule has 0 fully saturated rings. The number of halogens is 1. The zero-order valence-electron chi connectivity index (χ0n) is 14.4. The van der Waals surface area contributed by atoms with E-state index in [9.17, 15) is 0 Å². The number of benzene rings is 2. The second kappa shape index (κ2) is 7.05. The van der Waals surface area contributed by atoms with E-state index in [0.717, 1.165) is 17.1 Å². The molecule has 4 rings (SSSR count). The summed E-state index contributed by atoms with van der Waals surface area (Å²) in [4.78, 5) is 0. The highest BCUT2D eigenvalue weighted by Crippen LogP contribution is 2.25. The maximum atomic E-state index is 9.03. The van der Waals surface area contributed by atoms with E-state index >= 15 is 0 Å². The number of hydrogen-bond donors (Lipinski definition) is 1. The zero-order valence-corrected chi connectivity index (χ0v) is 15.1. The average molecular weight is 379 g/mol. The molecule has 2 aromatic heterocycles. The Hall–Kier alpha value is -3.45. The second-order valence-corrected chi connectivity index (χ2v) is 6.31. The van der Waals surface area contributed by atoms with Crippen molar-refractivity contribution in [1.82, 2.24) is 24.8 Å². The molecule has 0 atom stereocenters. The number of hydrogen-bond acceptors (Lipinski definition) is 5. The van der Waals surface area contributed by atoms with E-state index in [4.69, 9.17) is 16.8 Å². The smallest absolute Gasteiger partial charge is 0.137 e. The first kappa shape index (κ1) is 17.0. The fraction of sp³-hybridized carbons (Fsp3) is 0.0526. The molecule has 0 unspecified atom stereocenters. The van der Waals surface area contributed by atoms with Gasteiger partial charge in [0, 0.05) is 16.8 Å². The molecule has 8 heteroatoms. The van der Waals surface area contributed by atoms with Crippen LogP contribution in [0.4, 0.5) is 0 Å². The quantitative estimate of drug-likeness (QED) is 0.332. The van der Waals surface area contributed by atoms with E-state index in [1.165, 1.54) is 6.21 Å². The van der Waals surface area contributed by atoms with Gasteiger partial charge in [-0.15, -0.1) is 5.10 Å². The van der Waals surface area contributed by atoms with Gasteiger partial charge in [-0.25, -0.2) is 9.36 Å². The summed E-state index contributed by atoms with van der Waals surface area (Å²) in [5.41, 5.74) is 4.36. The first-order valence-corrected chi connectivity index (χ1v) is 8.56. The summed E-state index contributed by atoms with van der Waals surface area (Å²) in [6.07, 6.45) is 3.12. The third kappa shape index (κ3) is 3.20. The highest BCUT2D eigenvalue weighted by atomic mass is 35.5. The molecule has 134 valence electrons. The molecule has 0 aliphatic carbocycles. The largest absolute Gasteiger partial charge is 0.411 e. The number of rotatable bonds is 4. The summed E-state index contributed by atoms with van der Waals surface area (Å²) in [6, 6.07) is 17.0. The molecular formula is C19H15ClN6O. The highest BCUT2D eigenvalue weighted by molar-refractivity contribution is 6.30. The molecule has 1 N–H and O–H groups in total. The fourth-order valence-electron chi connectivity index (χ4n) is 2.82. The van der Waals surface area contributed by atoms with Crippen LogP contribution in [0.2, 0.25) is 5.02 Å². The van der Waals surface area contributed by atoms with Gasteiger partial charge in [0.2, 0.25) is 0 Å². The van der Waals surface area contributed by atoms with Crippen molar-refractivity contribution in [2.24, 2.45) is 5.16 Å². The number of oxime groups is 1. The van der Waals surface area contributed by atoms with Crippen molar-refractivity contribution < 1.29 is 5.21 Å². The normalized spacial score (nSPS) is 11.3. The first-order chi connectivity index (χ1) is 13.2. The predicted molar refractivity (Wildman–Crippen MR) is 103 cm³/mol. The van der Waals surface area contributed by atoms with Gasteiger partial charge in [0.1, 0.15) is 11.4 Å². The molecule has 2 aromatic carbocycles. The van der Waals surface area contributed by atoms with Crippen LogP contribution in [0.1, 0.15) is 11.3 Å². The average Bonchev–Trinajstić information content (AvgIpc) is 3.27. The molecule has 0 amide bonds. The van der Waals surface area contributed by atoms with Crippen molar-refractivity contribution in [3.63, 3.8) is 0 Å². The van der Waals surface area contributed by atoms with Gasteiger partial charge in [0.05, 0.1) is 23.3 Å². The van der Waals surface area contributed by atoms with Gasteiger partial charge < -0.3 is 5.21 Å². The molecule has 0 saturated heterocycles. The van der Waals surface area contributed by atoms with Crippen molar-refractivity contribution in [3.8, 4) is 22.8 Å². The van der Waals surface area contributed by atoms with Crippen LogP contribution in [0.5, 0.6) is 0 Å². The lowest BCUT2D eigenvalue weighted by molar-refractivity contribution is 0.322. The summed E-state index contributed by atoms with van der Waals surface area (Å²) in [5.74, 6) is 0. The lowest BCUT2D eigenvalue weighted by Gasteiger charge is -2.03. The standard InChI is InChI=1S/C19H15ClN6O/c1-13-18(22-24-26(13)17-9-7-15(20)8-10-17)19-14(11-21-27)12-25(23-19)16-5-3-2-4-6-16/h2-12,27H,1H3/b21-11-. The van der Waals surface area contributed by atoms with Crippen LogP contribution in [-0.2, 0) is 0 Å². The molecule has 0 radical (unpaired) electrons. The Bertz CT molecular complexity index is 1100. The minimum atomic E-state index is 0.578. The minimum Gasteiger partial charge on any atom is -0.411 e. The Morgan fingerprint density at radius 2 is 1.74 bits per heavy atom. The monoisotopic (exact) mass is 378 g/mol. The van der Waals surface area contributed by atoms with Crippen LogP contribution in [-0.4, -0.2) is 36.2 Å². The lowest BCUT2D eigenvalue weighted by atomic mass is 10.2. The molecule has 4 aromatic rings. The molecule has 2 heterocycles. The Labute approximate surface area is 160 Å². The SMILES string of the molecule is Cc1c(-c2nn(-c3ccccc3)cc2/C=N\O)nnn1-c1ccc(Cl)cc1. The van der Waals surface area contributed by atoms with Crippen molar-refractivity contribution in [3.05, 3.63) is 77.1 Å². The van der Waals surface area contributed by atoms with Gasteiger partial charge in [0.25, 0.3) is 0 Å². The molecule has 7 nitrogen and oxygen atoms in total. The van der Waals surface area contributed by atoms with Gasteiger partial charge in [0.15, 0.2) is 0 Å². The van der Waals surface area contributed by atoms with Crippen molar-refractivity contribution >= 4 is 17.8 Å². The van der Waals surface area contributed by atoms with Gasteiger partial charge >= 0.3 is 0 Å². The third-order valence-electron chi connectivity index (χ3n) is 4.15. The predicted octanol–water partition coefficient (Wildman–Crippen LogP) is 3.89. The molecule has 27 heavy (non-hydrogen) atoms. The van der Waals surface area contributed by atoms with Gasteiger partial charge in [-0.2, -0.15) is 5.10 Å². The molecule has 0 bridgehead atoms. The van der Waals surface area contributed by atoms with Gasteiger partial charge in [-0.05, 0) is 43.3 Å². The van der Waals surface area contributed by atoms with E-state index in [1.54, 1.807) is 27.7 Å². The van der Waals surface area contributed by atoms with E-state index in [-0.39, 0.29) is 0 Å². The Morgan fingerprint density at radius 1 is 1.00 bits per heavy atom. The minimum absolute atomic E-state index is 0.578. The molecule has 0 aliphatic rings. The van der Waals surface area contributed by atoms with E-state index < -0.39 is 0 Å². The molecule has 0 spiro atoms. The van der Waals surface area contributed by atoms with Crippen molar-refractivity contribution in [1.29, 1.82) is 0 Å². The summed E-state index contributed by atoms with van der Waals surface area (Å²) in [7, 11) is 0. The second-order valence-electron chi connectivity index (χ2n) is 5.87. The van der Waals surface area contributed by atoms with Crippen LogP contribution in [0.3, 0.4) is 0 Å². The van der Waals surface area contributed by atoms with Gasteiger partial charge in [-0.1, -0.05) is 40.2 Å². The number of nitrogens with zero attached hydrogens (tertiary/aromatic N) is 6. The topological polar surface area (TPSA) is 81.1 Å². The summed E-state index contributed by atoms with van der Waals surface area (Å²) in [6.45, 7) is 1.91. The number of para-hydroxylation sites is 1. The van der Waals surface area contributed by atoms with Crippen LogP contribution in [0.25, 0.3) is 22.8 Å². The lowest BCUT2D eigenvalue weighted by Crippen LogP contribution is -1.99. The van der Waals surface area contributed by atoms with Crippen LogP contribution >= 0.6 is 11.6 Å². The number of aromatic nitrogens is 5. The zero-order chi connectivity index (χ0) is 18.8. The summed E-state index contributed by atoms with van der Waals surface area (Å²) >= 11 is 5.96. The highest BCUT2D eigenvalue weighted by Gasteiger charge is 2.19. The first-order valence-electron chi connectivity index (χ1n) is 8.18. The third-order valence-corrected chi connectivity index (χ3v) is 4.40. The maximum Gasteiger partial charge on any atom is 0.137 e. The Morgan fingerprint density at radius 3 is 2.44 bits per heavy atom. The molecule has 0 aliphatic heterocycles. The Kier molecular flexibility index (Phi) is 4.43. The summed E-state index contributed by atoms with van der Waals surface area (Å²) < 4.78 is 3.43. The maximum absolute atomic E-state index is 9.03. The molecule has 0 saturated carbocycles.